The predicted molar refractivity (Wildman–Crippen MR) is 136 cm³/mol. The lowest BCUT2D eigenvalue weighted by atomic mass is 9.75. The van der Waals surface area contributed by atoms with Gasteiger partial charge in [0.2, 0.25) is 0 Å². The molecule has 36 heavy (non-hydrogen) atoms. The highest BCUT2D eigenvalue weighted by Crippen LogP contribution is 2.44. The molecular weight excluding hydrogens is 458 g/mol. The van der Waals surface area contributed by atoms with Crippen LogP contribution >= 0.6 is 0 Å². The first-order valence-electron chi connectivity index (χ1n) is 12.4. The Bertz CT molecular complexity index is 1170. The van der Waals surface area contributed by atoms with Crippen molar-refractivity contribution in [1.29, 1.82) is 0 Å². The minimum absolute atomic E-state index is 0.0456. The molecule has 0 saturated carbocycles. The van der Waals surface area contributed by atoms with E-state index in [1.807, 2.05) is 62.4 Å². The zero-order chi connectivity index (χ0) is 25.5. The molecule has 2 aromatic carbocycles. The van der Waals surface area contributed by atoms with Crippen LogP contribution in [0.5, 0.6) is 17.2 Å². The Kier molecular flexibility index (Phi) is 8.31. The van der Waals surface area contributed by atoms with Gasteiger partial charge in [0.25, 0.3) is 0 Å². The molecule has 4 rings (SSSR count). The topological polar surface area (TPSA) is 83.1 Å². The van der Waals surface area contributed by atoms with Gasteiger partial charge in [0.1, 0.15) is 19.0 Å². The van der Waals surface area contributed by atoms with Gasteiger partial charge in [-0.3, -0.25) is 4.79 Å². The zero-order valence-electron chi connectivity index (χ0n) is 21.1. The van der Waals surface area contributed by atoms with Crippen molar-refractivity contribution in [3.63, 3.8) is 0 Å². The fourth-order valence-corrected chi connectivity index (χ4v) is 4.67. The molecule has 7 nitrogen and oxygen atoms in total. The van der Waals surface area contributed by atoms with Gasteiger partial charge < -0.3 is 24.3 Å². The monoisotopic (exact) mass is 491 g/mol. The lowest BCUT2D eigenvalue weighted by molar-refractivity contribution is -0.140. The summed E-state index contributed by atoms with van der Waals surface area (Å²) in [7, 11) is 1.58. The second kappa shape index (κ2) is 11.8. The molecule has 0 saturated heterocycles. The number of rotatable bonds is 10. The summed E-state index contributed by atoms with van der Waals surface area (Å²) in [6.45, 7) is 4.77. The minimum Gasteiger partial charge on any atom is -0.493 e. The second-order valence-electron chi connectivity index (χ2n) is 8.82. The van der Waals surface area contributed by atoms with Crippen LogP contribution in [0.3, 0.4) is 0 Å². The van der Waals surface area contributed by atoms with Crippen molar-refractivity contribution in [3.8, 4) is 17.2 Å². The molecule has 0 spiro atoms. The highest BCUT2D eigenvalue weighted by atomic mass is 16.6. The number of ketones is 1. The minimum atomic E-state index is -0.550. The molecular formula is C29H33NO6. The summed E-state index contributed by atoms with van der Waals surface area (Å²) >= 11 is 0. The van der Waals surface area contributed by atoms with E-state index >= 15 is 0 Å². The van der Waals surface area contributed by atoms with Crippen molar-refractivity contribution >= 4 is 11.8 Å². The fraction of sp³-hybridized carbons (Fsp3) is 0.379. The molecule has 1 atom stereocenters. The van der Waals surface area contributed by atoms with E-state index in [-0.39, 0.29) is 19.0 Å². The van der Waals surface area contributed by atoms with Crippen molar-refractivity contribution in [2.24, 2.45) is 0 Å². The van der Waals surface area contributed by atoms with Gasteiger partial charge in [0.05, 0.1) is 19.3 Å². The Balaban J connectivity index is 1.61. The van der Waals surface area contributed by atoms with Gasteiger partial charge in [-0.25, -0.2) is 4.79 Å². The Labute approximate surface area is 212 Å². The quantitative estimate of drug-likeness (QED) is 0.367. The lowest BCUT2D eigenvalue weighted by Crippen LogP contribution is -2.34. The molecule has 1 N–H and O–H groups in total. The number of nitrogens with one attached hydrogen (secondary N) is 1. The average molecular weight is 492 g/mol. The van der Waals surface area contributed by atoms with E-state index in [0.29, 0.717) is 47.1 Å². The molecule has 0 bridgehead atoms. The summed E-state index contributed by atoms with van der Waals surface area (Å²) < 4.78 is 22.7. The van der Waals surface area contributed by atoms with Crippen LogP contribution in [-0.2, 0) is 14.3 Å². The molecule has 0 radical (unpaired) electrons. The van der Waals surface area contributed by atoms with Crippen LogP contribution in [0.25, 0.3) is 0 Å². The van der Waals surface area contributed by atoms with Gasteiger partial charge >= 0.3 is 5.97 Å². The number of methoxy groups -OCH3 is 1. The molecule has 1 aliphatic carbocycles. The third-order valence-corrected chi connectivity index (χ3v) is 6.31. The number of allylic oxidation sites excluding steroid dienone is 3. The first-order chi connectivity index (χ1) is 17.5. The van der Waals surface area contributed by atoms with Gasteiger partial charge in [-0.15, -0.1) is 0 Å². The van der Waals surface area contributed by atoms with E-state index in [0.717, 1.165) is 30.5 Å². The van der Waals surface area contributed by atoms with Gasteiger partial charge in [-0.1, -0.05) is 31.2 Å². The summed E-state index contributed by atoms with van der Waals surface area (Å²) in [5.41, 5.74) is 3.40. The highest BCUT2D eigenvalue weighted by Gasteiger charge is 2.39. The molecule has 1 unspecified atom stereocenters. The molecule has 2 aromatic rings. The number of dihydropyridines is 1. The predicted octanol–water partition coefficient (Wildman–Crippen LogP) is 5.07. The van der Waals surface area contributed by atoms with Gasteiger partial charge in [-0.05, 0) is 56.0 Å². The van der Waals surface area contributed by atoms with Crippen LogP contribution in [0.4, 0.5) is 0 Å². The number of hydrogen-bond donors (Lipinski definition) is 1. The molecule has 2 aliphatic rings. The van der Waals surface area contributed by atoms with Crippen molar-refractivity contribution in [2.45, 2.75) is 45.4 Å². The van der Waals surface area contributed by atoms with Gasteiger partial charge in [0, 0.05) is 29.3 Å². The second-order valence-corrected chi connectivity index (χ2v) is 8.82. The fourth-order valence-electron chi connectivity index (χ4n) is 4.67. The Hall–Kier alpha value is -3.74. The zero-order valence-corrected chi connectivity index (χ0v) is 21.1. The van der Waals surface area contributed by atoms with Crippen LogP contribution in [0.1, 0.15) is 51.0 Å². The molecule has 0 fully saturated rings. The number of para-hydroxylation sites is 1. The van der Waals surface area contributed by atoms with E-state index in [4.69, 9.17) is 18.9 Å². The Morgan fingerprint density at radius 3 is 2.56 bits per heavy atom. The van der Waals surface area contributed by atoms with E-state index < -0.39 is 11.9 Å². The maximum absolute atomic E-state index is 13.4. The standard InChI is InChI=1S/C29H33NO6/c1-4-15-35-24-14-13-20(18-25(24)33-3)27-26(19(2)30-22-11-8-12-23(31)28(22)27)29(32)36-17-16-34-21-9-6-5-7-10-21/h5-7,9-10,13-14,18,27,30H,4,8,11-12,15-17H2,1-3H3. The van der Waals surface area contributed by atoms with E-state index in [1.165, 1.54) is 0 Å². The van der Waals surface area contributed by atoms with Crippen molar-refractivity contribution in [1.82, 2.24) is 5.32 Å². The van der Waals surface area contributed by atoms with Crippen LogP contribution in [0.15, 0.2) is 71.1 Å². The Morgan fingerprint density at radius 2 is 1.81 bits per heavy atom. The van der Waals surface area contributed by atoms with Crippen molar-refractivity contribution < 1.29 is 28.5 Å². The summed E-state index contributed by atoms with van der Waals surface area (Å²) in [4.78, 5) is 26.5. The molecule has 0 aromatic heterocycles. The number of Topliss-reactive ketones (excluding diaryl/α,β-unsaturated/α-hetero) is 1. The van der Waals surface area contributed by atoms with Gasteiger partial charge in [-0.2, -0.15) is 0 Å². The molecule has 1 heterocycles. The molecule has 1 aliphatic heterocycles. The van der Waals surface area contributed by atoms with E-state index in [9.17, 15) is 9.59 Å². The summed E-state index contributed by atoms with van der Waals surface area (Å²) in [5.74, 6) is 0.920. The number of ether oxygens (including phenoxy) is 4. The van der Waals surface area contributed by atoms with Gasteiger partial charge in [0.15, 0.2) is 17.3 Å². The smallest absolute Gasteiger partial charge is 0.336 e. The average Bonchev–Trinajstić information content (AvgIpc) is 2.89. The highest BCUT2D eigenvalue weighted by molar-refractivity contribution is 6.03. The lowest BCUT2D eigenvalue weighted by Gasteiger charge is -2.34. The van der Waals surface area contributed by atoms with Crippen LogP contribution < -0.4 is 19.5 Å². The molecule has 7 heteroatoms. The van der Waals surface area contributed by atoms with Crippen molar-refractivity contribution in [2.75, 3.05) is 26.9 Å². The van der Waals surface area contributed by atoms with Crippen LogP contribution in [0.2, 0.25) is 0 Å². The maximum atomic E-state index is 13.4. The normalized spacial score (nSPS) is 17.3. The van der Waals surface area contributed by atoms with Crippen molar-refractivity contribution in [3.05, 3.63) is 76.6 Å². The van der Waals surface area contributed by atoms with Crippen LogP contribution in [0, 0.1) is 0 Å². The summed E-state index contributed by atoms with van der Waals surface area (Å²) in [6.07, 6.45) is 2.87. The third-order valence-electron chi connectivity index (χ3n) is 6.31. The summed E-state index contributed by atoms with van der Waals surface area (Å²) in [5, 5.41) is 3.31. The Morgan fingerprint density at radius 1 is 1.00 bits per heavy atom. The maximum Gasteiger partial charge on any atom is 0.336 e. The number of hydrogen-bond acceptors (Lipinski definition) is 7. The number of esters is 1. The molecule has 190 valence electrons. The van der Waals surface area contributed by atoms with Crippen LogP contribution in [-0.4, -0.2) is 38.7 Å². The third kappa shape index (κ3) is 5.56. The number of carbonyl (C=O) groups is 2. The number of benzene rings is 2. The first-order valence-corrected chi connectivity index (χ1v) is 12.4. The molecule has 0 amide bonds. The largest absolute Gasteiger partial charge is 0.493 e. The van der Waals surface area contributed by atoms with E-state index in [1.54, 1.807) is 7.11 Å². The first kappa shape index (κ1) is 25.4. The van der Waals surface area contributed by atoms with E-state index in [2.05, 4.69) is 5.32 Å². The summed E-state index contributed by atoms with van der Waals surface area (Å²) in [6, 6.07) is 15.0. The SMILES string of the molecule is CCCOc1ccc(C2C(C(=O)OCCOc3ccccc3)=C(C)NC3=C2C(=O)CCC3)cc1OC. The number of carbonyl (C=O) groups excluding carboxylic acids is 2.